The van der Waals surface area contributed by atoms with Gasteiger partial charge in [0.1, 0.15) is 11.5 Å². The summed E-state index contributed by atoms with van der Waals surface area (Å²) in [5.41, 5.74) is 1.19. The zero-order valence-electron chi connectivity index (χ0n) is 12.2. The Hall–Kier alpha value is -1.52. The molecule has 0 bridgehead atoms. The predicted molar refractivity (Wildman–Crippen MR) is 84.0 cm³/mol. The molecule has 0 aliphatic rings. The Balaban J connectivity index is 2.35. The van der Waals surface area contributed by atoms with Crippen LogP contribution in [0.3, 0.4) is 0 Å². The van der Waals surface area contributed by atoms with Crippen molar-refractivity contribution < 1.29 is 9.47 Å². The molecule has 1 N–H and O–H groups in total. The van der Waals surface area contributed by atoms with Gasteiger partial charge in [0.25, 0.3) is 0 Å². The lowest BCUT2D eigenvalue weighted by atomic mass is 10.0. The zero-order valence-corrected chi connectivity index (χ0v) is 13.0. The van der Waals surface area contributed by atoms with E-state index in [1.807, 2.05) is 25.1 Å². The first kappa shape index (κ1) is 14.9. The molecule has 0 spiro atoms. The van der Waals surface area contributed by atoms with Crippen LogP contribution in [0.1, 0.15) is 30.3 Å². The van der Waals surface area contributed by atoms with E-state index in [1.165, 1.54) is 10.4 Å². The quantitative estimate of drug-likeness (QED) is 0.840. The Kier molecular flexibility index (Phi) is 5.44. The van der Waals surface area contributed by atoms with Crippen LogP contribution < -0.4 is 14.8 Å². The van der Waals surface area contributed by atoms with E-state index in [0.717, 1.165) is 18.0 Å². The fraction of sp³-hybridized carbons (Fsp3) is 0.375. The van der Waals surface area contributed by atoms with E-state index in [2.05, 4.69) is 29.8 Å². The molecule has 3 nitrogen and oxygen atoms in total. The number of ether oxygens (including phenoxy) is 2. The first-order valence-corrected chi connectivity index (χ1v) is 7.75. The van der Waals surface area contributed by atoms with Crippen molar-refractivity contribution in [1.82, 2.24) is 5.32 Å². The Labute approximate surface area is 124 Å². The van der Waals surface area contributed by atoms with E-state index in [0.29, 0.717) is 6.61 Å². The van der Waals surface area contributed by atoms with Gasteiger partial charge in [-0.3, -0.25) is 0 Å². The summed E-state index contributed by atoms with van der Waals surface area (Å²) in [5.74, 6) is 1.84. The standard InChI is InChI=1S/C16H21NO2S/c1-4-17-15(16-14(18-3)9-10-20-16)12-7-6-8-13(11-12)19-5-2/h6-11,15,17H,4-5H2,1-3H3. The molecule has 1 unspecified atom stereocenters. The zero-order chi connectivity index (χ0) is 14.4. The summed E-state index contributed by atoms with van der Waals surface area (Å²) < 4.78 is 11.0. The topological polar surface area (TPSA) is 30.5 Å². The third-order valence-electron chi connectivity index (χ3n) is 3.05. The largest absolute Gasteiger partial charge is 0.496 e. The molecule has 1 atom stereocenters. The highest BCUT2D eigenvalue weighted by molar-refractivity contribution is 7.10. The Bertz CT molecular complexity index is 539. The molecular weight excluding hydrogens is 270 g/mol. The summed E-state index contributed by atoms with van der Waals surface area (Å²) in [5, 5.41) is 5.58. The average Bonchev–Trinajstić information content (AvgIpc) is 2.93. The van der Waals surface area contributed by atoms with Crippen molar-refractivity contribution >= 4 is 11.3 Å². The highest BCUT2D eigenvalue weighted by Gasteiger charge is 2.19. The van der Waals surface area contributed by atoms with Crippen LogP contribution in [-0.4, -0.2) is 20.3 Å². The molecule has 0 fully saturated rings. The van der Waals surface area contributed by atoms with Crippen LogP contribution in [0.2, 0.25) is 0 Å². The van der Waals surface area contributed by atoms with Crippen LogP contribution >= 0.6 is 11.3 Å². The maximum atomic E-state index is 5.59. The van der Waals surface area contributed by atoms with Gasteiger partial charge in [-0.15, -0.1) is 11.3 Å². The number of nitrogens with one attached hydrogen (secondary N) is 1. The molecule has 0 aliphatic heterocycles. The number of rotatable bonds is 7. The van der Waals surface area contributed by atoms with Gasteiger partial charge in [-0.25, -0.2) is 0 Å². The number of hydrogen-bond acceptors (Lipinski definition) is 4. The van der Waals surface area contributed by atoms with E-state index < -0.39 is 0 Å². The van der Waals surface area contributed by atoms with Crippen molar-refractivity contribution in [2.24, 2.45) is 0 Å². The van der Waals surface area contributed by atoms with Gasteiger partial charge in [0.15, 0.2) is 0 Å². The van der Waals surface area contributed by atoms with Gasteiger partial charge in [0, 0.05) is 0 Å². The minimum Gasteiger partial charge on any atom is -0.496 e. The van der Waals surface area contributed by atoms with Crippen molar-refractivity contribution in [3.05, 3.63) is 46.2 Å². The molecule has 108 valence electrons. The highest BCUT2D eigenvalue weighted by Crippen LogP contribution is 2.35. The third kappa shape index (κ3) is 3.32. The van der Waals surface area contributed by atoms with E-state index in [9.17, 15) is 0 Å². The van der Waals surface area contributed by atoms with Crippen molar-refractivity contribution in [3.8, 4) is 11.5 Å². The average molecular weight is 291 g/mol. The summed E-state index contributed by atoms with van der Waals surface area (Å²) in [4.78, 5) is 1.20. The van der Waals surface area contributed by atoms with Crippen molar-refractivity contribution in [1.29, 1.82) is 0 Å². The first-order valence-electron chi connectivity index (χ1n) is 6.87. The van der Waals surface area contributed by atoms with E-state index in [-0.39, 0.29) is 6.04 Å². The lowest BCUT2D eigenvalue weighted by Crippen LogP contribution is -2.21. The molecule has 2 aromatic rings. The molecule has 0 saturated carbocycles. The molecule has 1 aromatic carbocycles. The SMILES string of the molecule is CCNC(c1cccc(OCC)c1)c1sccc1OC. The fourth-order valence-electron chi connectivity index (χ4n) is 2.20. The van der Waals surface area contributed by atoms with Crippen LogP contribution in [0.25, 0.3) is 0 Å². The smallest absolute Gasteiger partial charge is 0.134 e. The second kappa shape index (κ2) is 7.31. The summed E-state index contributed by atoms with van der Waals surface area (Å²) >= 11 is 1.71. The maximum absolute atomic E-state index is 5.59. The molecule has 1 heterocycles. The van der Waals surface area contributed by atoms with E-state index >= 15 is 0 Å². The number of benzene rings is 1. The molecule has 1 aromatic heterocycles. The van der Waals surface area contributed by atoms with E-state index in [1.54, 1.807) is 18.4 Å². The van der Waals surface area contributed by atoms with Gasteiger partial charge in [-0.1, -0.05) is 19.1 Å². The number of hydrogen-bond donors (Lipinski definition) is 1. The van der Waals surface area contributed by atoms with Gasteiger partial charge in [0.05, 0.1) is 24.6 Å². The molecular formula is C16H21NO2S. The molecule has 0 radical (unpaired) electrons. The second-order valence-electron chi connectivity index (χ2n) is 4.35. The molecule has 0 aliphatic carbocycles. The van der Waals surface area contributed by atoms with E-state index in [4.69, 9.17) is 9.47 Å². The minimum atomic E-state index is 0.135. The molecule has 20 heavy (non-hydrogen) atoms. The second-order valence-corrected chi connectivity index (χ2v) is 5.30. The van der Waals surface area contributed by atoms with Crippen LogP contribution in [0, 0.1) is 0 Å². The monoisotopic (exact) mass is 291 g/mol. The van der Waals surface area contributed by atoms with Crippen molar-refractivity contribution in [2.45, 2.75) is 19.9 Å². The van der Waals surface area contributed by atoms with Crippen LogP contribution in [0.5, 0.6) is 11.5 Å². The lowest BCUT2D eigenvalue weighted by Gasteiger charge is -2.19. The normalized spacial score (nSPS) is 12.2. The van der Waals surface area contributed by atoms with Gasteiger partial charge < -0.3 is 14.8 Å². The summed E-state index contributed by atoms with van der Waals surface area (Å²) in [6.45, 7) is 5.68. The Morgan fingerprint density at radius 1 is 1.25 bits per heavy atom. The Morgan fingerprint density at radius 2 is 2.10 bits per heavy atom. The van der Waals surface area contributed by atoms with Crippen molar-refractivity contribution in [2.75, 3.05) is 20.3 Å². The van der Waals surface area contributed by atoms with Gasteiger partial charge in [-0.2, -0.15) is 0 Å². The number of thiophene rings is 1. The fourth-order valence-corrected chi connectivity index (χ4v) is 3.17. The highest BCUT2D eigenvalue weighted by atomic mass is 32.1. The molecule has 0 amide bonds. The van der Waals surface area contributed by atoms with Gasteiger partial charge in [0.2, 0.25) is 0 Å². The van der Waals surface area contributed by atoms with Crippen LogP contribution in [-0.2, 0) is 0 Å². The predicted octanol–water partition coefficient (Wildman–Crippen LogP) is 3.85. The van der Waals surface area contributed by atoms with Crippen molar-refractivity contribution in [3.63, 3.8) is 0 Å². The Morgan fingerprint density at radius 3 is 2.80 bits per heavy atom. The summed E-state index contributed by atoms with van der Waals surface area (Å²) in [7, 11) is 1.71. The third-order valence-corrected chi connectivity index (χ3v) is 4.01. The van der Waals surface area contributed by atoms with Crippen LogP contribution in [0.15, 0.2) is 35.7 Å². The lowest BCUT2D eigenvalue weighted by molar-refractivity contribution is 0.339. The maximum Gasteiger partial charge on any atom is 0.134 e. The minimum absolute atomic E-state index is 0.135. The van der Waals surface area contributed by atoms with Gasteiger partial charge in [-0.05, 0) is 42.6 Å². The first-order chi connectivity index (χ1) is 9.80. The summed E-state index contributed by atoms with van der Waals surface area (Å²) in [6, 6.07) is 10.4. The van der Waals surface area contributed by atoms with Crippen LogP contribution in [0.4, 0.5) is 0 Å². The molecule has 4 heteroatoms. The number of methoxy groups -OCH3 is 1. The summed E-state index contributed by atoms with van der Waals surface area (Å²) in [6.07, 6.45) is 0. The van der Waals surface area contributed by atoms with Gasteiger partial charge >= 0.3 is 0 Å². The molecule has 2 rings (SSSR count). The molecule has 0 saturated heterocycles.